The van der Waals surface area contributed by atoms with Gasteiger partial charge in [0.25, 0.3) is 0 Å². The Morgan fingerprint density at radius 1 is 1.14 bits per heavy atom. The van der Waals surface area contributed by atoms with E-state index in [0.29, 0.717) is 30.0 Å². The van der Waals surface area contributed by atoms with Gasteiger partial charge in [-0.3, -0.25) is 4.99 Å². The van der Waals surface area contributed by atoms with Crippen LogP contribution >= 0.6 is 0 Å². The van der Waals surface area contributed by atoms with Crippen molar-refractivity contribution in [3.8, 4) is 22.9 Å². The van der Waals surface area contributed by atoms with Crippen LogP contribution in [0, 0.1) is 17.7 Å². The van der Waals surface area contributed by atoms with Crippen molar-refractivity contribution in [2.75, 3.05) is 30.4 Å². The number of benzene rings is 2. The van der Waals surface area contributed by atoms with Crippen molar-refractivity contribution < 1.29 is 9.13 Å². The molecule has 1 saturated heterocycles. The summed E-state index contributed by atoms with van der Waals surface area (Å²) < 4.78 is 20.8. The highest BCUT2D eigenvalue weighted by molar-refractivity contribution is 5.88. The number of fused-ring (bicyclic) bond motifs is 5. The molecule has 35 heavy (non-hydrogen) atoms. The van der Waals surface area contributed by atoms with Crippen LogP contribution in [0.25, 0.3) is 11.1 Å². The van der Waals surface area contributed by atoms with Gasteiger partial charge in [0.1, 0.15) is 17.4 Å². The van der Waals surface area contributed by atoms with Crippen molar-refractivity contribution in [3.05, 3.63) is 53.0 Å². The van der Waals surface area contributed by atoms with Crippen LogP contribution in [-0.2, 0) is 12.8 Å². The van der Waals surface area contributed by atoms with Crippen LogP contribution in [0.5, 0.6) is 11.8 Å². The smallest absolute Gasteiger partial charge is 0.324 e. The fraction of sp³-hybridized carbons (Fsp3) is 0.370. The maximum atomic E-state index is 14.6. The van der Waals surface area contributed by atoms with Gasteiger partial charge in [0.2, 0.25) is 0 Å². The van der Waals surface area contributed by atoms with Crippen LogP contribution < -0.4 is 20.7 Å². The Morgan fingerprint density at radius 3 is 2.91 bits per heavy atom. The molecular weight excluding hydrogens is 443 g/mol. The van der Waals surface area contributed by atoms with Crippen LogP contribution in [0.2, 0.25) is 0 Å². The Labute approximate surface area is 203 Å². The van der Waals surface area contributed by atoms with Gasteiger partial charge < -0.3 is 20.7 Å². The number of aromatic nitrogens is 2. The summed E-state index contributed by atoms with van der Waals surface area (Å²) in [6, 6.07) is 9.56. The van der Waals surface area contributed by atoms with E-state index in [-0.39, 0.29) is 11.9 Å². The molecule has 2 aliphatic heterocycles. The fourth-order valence-electron chi connectivity index (χ4n) is 6.33. The predicted molar refractivity (Wildman–Crippen MR) is 135 cm³/mol. The van der Waals surface area contributed by atoms with Gasteiger partial charge in [-0.15, -0.1) is 0 Å². The summed E-state index contributed by atoms with van der Waals surface area (Å²) in [5.74, 6) is 2.27. The lowest BCUT2D eigenvalue weighted by atomic mass is 9.98. The molecule has 2 aromatic carbocycles. The first-order chi connectivity index (χ1) is 17.1. The van der Waals surface area contributed by atoms with Crippen molar-refractivity contribution >= 4 is 23.4 Å². The molecule has 1 aromatic heterocycles. The zero-order valence-electron chi connectivity index (χ0n) is 19.6. The van der Waals surface area contributed by atoms with Gasteiger partial charge in [-0.05, 0) is 71.7 Å². The van der Waals surface area contributed by atoms with Crippen LogP contribution in [0.4, 0.5) is 21.6 Å². The standard InChI is InChI=1S/C27H27FN6O/c1-30-23-10-16(28)9-19-18(23)11-24-25(19)26(34-12-15-2-4-21(29)20(15)13-34)33-27(32-24)35-17-3-5-22-14(8-17)6-7-31-22/h3,5,7-10,15,20-21,30H,2,4,6,11-13,29H2,1H3/t15-,20+,21-/m1/s1. The molecule has 7 nitrogen and oxygen atoms in total. The molecule has 3 aromatic rings. The van der Waals surface area contributed by atoms with E-state index in [1.165, 1.54) is 0 Å². The molecule has 3 N–H and O–H groups in total. The first-order valence-electron chi connectivity index (χ1n) is 12.3. The number of hydrogen-bond donors (Lipinski definition) is 2. The molecule has 7 rings (SSSR count). The number of nitrogens with zero attached hydrogens (tertiary/aromatic N) is 4. The van der Waals surface area contributed by atoms with Crippen LogP contribution in [-0.4, -0.2) is 42.4 Å². The van der Waals surface area contributed by atoms with E-state index in [1.54, 1.807) is 12.1 Å². The van der Waals surface area contributed by atoms with E-state index < -0.39 is 0 Å². The number of anilines is 2. The molecular formula is C27H27FN6O. The Morgan fingerprint density at radius 2 is 2.06 bits per heavy atom. The highest BCUT2D eigenvalue weighted by Crippen LogP contribution is 2.48. The van der Waals surface area contributed by atoms with E-state index in [4.69, 9.17) is 20.4 Å². The second kappa shape index (κ2) is 7.75. The summed E-state index contributed by atoms with van der Waals surface area (Å²) in [7, 11) is 1.82. The summed E-state index contributed by atoms with van der Waals surface area (Å²) in [5.41, 5.74) is 13.0. The van der Waals surface area contributed by atoms with E-state index in [1.807, 2.05) is 31.5 Å². The number of ether oxygens (including phenoxy) is 1. The number of nitrogens with one attached hydrogen (secondary N) is 1. The normalized spacial score (nSPS) is 23.3. The molecule has 0 amide bonds. The molecule has 178 valence electrons. The van der Waals surface area contributed by atoms with Crippen molar-refractivity contribution in [1.29, 1.82) is 0 Å². The van der Waals surface area contributed by atoms with Gasteiger partial charge in [0, 0.05) is 56.5 Å². The maximum Gasteiger partial charge on any atom is 0.324 e. The lowest BCUT2D eigenvalue weighted by Crippen LogP contribution is -2.30. The van der Waals surface area contributed by atoms with E-state index in [9.17, 15) is 4.39 Å². The summed E-state index contributed by atoms with van der Waals surface area (Å²) in [5, 5.41) is 3.15. The van der Waals surface area contributed by atoms with Crippen LogP contribution in [0.15, 0.2) is 35.3 Å². The molecule has 8 heteroatoms. The summed E-state index contributed by atoms with van der Waals surface area (Å²) in [4.78, 5) is 16.4. The highest BCUT2D eigenvalue weighted by Gasteiger charge is 2.43. The largest absolute Gasteiger partial charge is 0.424 e. The molecule has 2 fully saturated rings. The first-order valence-corrected chi connectivity index (χ1v) is 12.3. The van der Waals surface area contributed by atoms with Gasteiger partial charge in [-0.25, -0.2) is 4.39 Å². The zero-order chi connectivity index (χ0) is 23.7. The van der Waals surface area contributed by atoms with Gasteiger partial charge in [-0.2, -0.15) is 9.97 Å². The van der Waals surface area contributed by atoms with Crippen molar-refractivity contribution in [3.63, 3.8) is 0 Å². The number of halogens is 1. The van der Waals surface area contributed by atoms with Crippen molar-refractivity contribution in [2.45, 2.75) is 31.7 Å². The van der Waals surface area contributed by atoms with E-state index >= 15 is 0 Å². The number of nitrogens with two attached hydrogens (primary N) is 1. The predicted octanol–water partition coefficient (Wildman–Crippen LogP) is 4.45. The van der Waals surface area contributed by atoms with Gasteiger partial charge in [0.15, 0.2) is 0 Å². The molecule has 2 aliphatic carbocycles. The third kappa shape index (κ3) is 3.31. The molecule has 0 radical (unpaired) electrons. The molecule has 3 atom stereocenters. The Hall–Kier alpha value is -3.52. The van der Waals surface area contributed by atoms with Crippen LogP contribution in [0.3, 0.4) is 0 Å². The SMILES string of the molecule is CNc1cc(F)cc2c1Cc1nc(Oc3ccc4c(c3)CC=N4)nc(N3C[C@H]4CC[C@@H](N)[C@H]4C3)c1-2. The maximum absolute atomic E-state index is 14.6. The quantitative estimate of drug-likeness (QED) is 0.458. The van der Waals surface area contributed by atoms with E-state index in [2.05, 4.69) is 15.2 Å². The Bertz CT molecular complexity index is 1390. The molecule has 1 saturated carbocycles. The molecule has 0 unspecified atom stereocenters. The lowest BCUT2D eigenvalue weighted by Gasteiger charge is -2.23. The molecule has 3 heterocycles. The molecule has 4 aliphatic rings. The van der Waals surface area contributed by atoms with Gasteiger partial charge in [-0.1, -0.05) is 0 Å². The summed E-state index contributed by atoms with van der Waals surface area (Å²) in [6.07, 6.45) is 5.54. The highest BCUT2D eigenvalue weighted by atomic mass is 19.1. The number of rotatable bonds is 4. The number of hydrogen-bond acceptors (Lipinski definition) is 7. The minimum absolute atomic E-state index is 0.227. The lowest BCUT2D eigenvalue weighted by molar-refractivity contribution is 0.439. The van der Waals surface area contributed by atoms with Crippen molar-refractivity contribution in [2.24, 2.45) is 22.6 Å². The summed E-state index contributed by atoms with van der Waals surface area (Å²) in [6.45, 7) is 1.76. The van der Waals surface area contributed by atoms with Gasteiger partial charge in [0.05, 0.1) is 11.4 Å². The second-order valence-corrected chi connectivity index (χ2v) is 10.0. The monoisotopic (exact) mass is 470 g/mol. The molecule has 0 bridgehead atoms. The fourth-order valence-corrected chi connectivity index (χ4v) is 6.33. The average molecular weight is 471 g/mol. The minimum atomic E-state index is -0.270. The summed E-state index contributed by atoms with van der Waals surface area (Å²) >= 11 is 0. The van der Waals surface area contributed by atoms with Crippen molar-refractivity contribution in [1.82, 2.24) is 9.97 Å². The second-order valence-electron chi connectivity index (χ2n) is 10.0. The van der Waals surface area contributed by atoms with E-state index in [0.717, 1.165) is 77.5 Å². The number of aliphatic imine (C=N–C) groups is 1. The Balaban J connectivity index is 1.32. The third-order valence-corrected chi connectivity index (χ3v) is 8.06. The topological polar surface area (TPSA) is 88.7 Å². The molecule has 0 spiro atoms. The van der Waals surface area contributed by atoms with Crippen LogP contribution in [0.1, 0.15) is 29.7 Å². The van der Waals surface area contributed by atoms with Gasteiger partial charge >= 0.3 is 6.01 Å². The zero-order valence-corrected chi connectivity index (χ0v) is 19.6. The first kappa shape index (κ1) is 20.8. The average Bonchev–Trinajstić information content (AvgIpc) is 3.62. The Kier molecular flexibility index (Phi) is 4.61. The minimum Gasteiger partial charge on any atom is -0.424 e. The third-order valence-electron chi connectivity index (χ3n) is 8.06.